The first-order chi connectivity index (χ1) is 7.66. The largest absolute Gasteiger partial charge is 0.398 e. The fourth-order valence-corrected chi connectivity index (χ4v) is 2.17. The van der Waals surface area contributed by atoms with Gasteiger partial charge in [0.15, 0.2) is 0 Å². The summed E-state index contributed by atoms with van der Waals surface area (Å²) in [4.78, 5) is 0. The molecule has 0 fully saturated rings. The molecule has 1 aliphatic rings. The Morgan fingerprint density at radius 3 is 2.88 bits per heavy atom. The van der Waals surface area contributed by atoms with Crippen LogP contribution in [0.15, 0.2) is 24.3 Å². The fourth-order valence-electron chi connectivity index (χ4n) is 2.00. The van der Waals surface area contributed by atoms with Gasteiger partial charge in [-0.15, -0.1) is 0 Å². The molecule has 16 heavy (non-hydrogen) atoms. The Morgan fingerprint density at radius 1 is 1.38 bits per heavy atom. The van der Waals surface area contributed by atoms with E-state index in [1.165, 1.54) is 6.42 Å². The van der Waals surface area contributed by atoms with Crippen LogP contribution in [0.2, 0.25) is 5.02 Å². The van der Waals surface area contributed by atoms with Crippen molar-refractivity contribution in [1.82, 2.24) is 0 Å². The zero-order chi connectivity index (χ0) is 11.5. The SMILES string of the molecule is Cc1cc(N)c(Cl)cc1NC1CC=CCC1. The molecule has 0 aromatic heterocycles. The highest BCUT2D eigenvalue weighted by atomic mass is 35.5. The summed E-state index contributed by atoms with van der Waals surface area (Å²) in [7, 11) is 0. The lowest BCUT2D eigenvalue weighted by molar-refractivity contribution is 0.644. The van der Waals surface area contributed by atoms with Gasteiger partial charge in [-0.3, -0.25) is 0 Å². The molecule has 3 N–H and O–H groups in total. The van der Waals surface area contributed by atoms with Crippen LogP contribution in [0.1, 0.15) is 24.8 Å². The van der Waals surface area contributed by atoms with Gasteiger partial charge in [-0.2, -0.15) is 0 Å². The highest BCUT2D eigenvalue weighted by molar-refractivity contribution is 6.33. The molecule has 0 spiro atoms. The van der Waals surface area contributed by atoms with Crippen LogP contribution in [0, 0.1) is 6.92 Å². The molecule has 0 aliphatic heterocycles. The second kappa shape index (κ2) is 4.79. The van der Waals surface area contributed by atoms with Crippen LogP contribution in [-0.4, -0.2) is 6.04 Å². The number of hydrogen-bond donors (Lipinski definition) is 2. The van der Waals surface area contributed by atoms with Crippen LogP contribution in [-0.2, 0) is 0 Å². The van der Waals surface area contributed by atoms with E-state index in [9.17, 15) is 0 Å². The van der Waals surface area contributed by atoms with E-state index in [1.54, 1.807) is 0 Å². The third-order valence-corrected chi connectivity index (χ3v) is 3.30. The van der Waals surface area contributed by atoms with Gasteiger partial charge in [0.05, 0.1) is 10.7 Å². The van der Waals surface area contributed by atoms with Crippen LogP contribution in [0.4, 0.5) is 11.4 Å². The second-order valence-electron chi connectivity index (χ2n) is 4.31. The summed E-state index contributed by atoms with van der Waals surface area (Å²) in [6.07, 6.45) is 7.88. The number of anilines is 2. The quantitative estimate of drug-likeness (QED) is 0.606. The lowest BCUT2D eigenvalue weighted by atomic mass is 10.0. The molecular formula is C13H17ClN2. The molecule has 0 radical (unpaired) electrons. The Balaban J connectivity index is 2.14. The number of benzene rings is 1. The Hall–Kier alpha value is -1.15. The van der Waals surface area contributed by atoms with Crippen LogP contribution >= 0.6 is 11.6 Å². The maximum Gasteiger partial charge on any atom is 0.0656 e. The lowest BCUT2D eigenvalue weighted by Gasteiger charge is -2.22. The summed E-state index contributed by atoms with van der Waals surface area (Å²) >= 11 is 6.02. The van der Waals surface area contributed by atoms with Crippen LogP contribution in [0.25, 0.3) is 0 Å². The number of nitrogens with one attached hydrogen (secondary N) is 1. The van der Waals surface area contributed by atoms with Crippen molar-refractivity contribution in [1.29, 1.82) is 0 Å². The molecule has 0 heterocycles. The van der Waals surface area contributed by atoms with E-state index in [2.05, 4.69) is 17.5 Å². The van der Waals surface area contributed by atoms with Crippen LogP contribution < -0.4 is 11.1 Å². The molecular weight excluding hydrogens is 220 g/mol. The minimum absolute atomic E-state index is 0.517. The molecule has 1 aliphatic carbocycles. The van der Waals surface area contributed by atoms with Gasteiger partial charge in [0.1, 0.15) is 0 Å². The monoisotopic (exact) mass is 236 g/mol. The van der Waals surface area contributed by atoms with Crippen LogP contribution in [0.3, 0.4) is 0 Å². The van der Waals surface area contributed by atoms with Crippen molar-refractivity contribution in [2.75, 3.05) is 11.1 Å². The number of rotatable bonds is 2. The van der Waals surface area contributed by atoms with E-state index in [-0.39, 0.29) is 0 Å². The van der Waals surface area contributed by atoms with Crippen molar-refractivity contribution in [3.63, 3.8) is 0 Å². The van der Waals surface area contributed by atoms with E-state index < -0.39 is 0 Å². The number of nitrogen functional groups attached to an aromatic ring is 1. The molecule has 86 valence electrons. The third-order valence-electron chi connectivity index (χ3n) is 2.97. The molecule has 2 nitrogen and oxygen atoms in total. The minimum atomic E-state index is 0.517. The summed E-state index contributed by atoms with van der Waals surface area (Å²) in [6.45, 7) is 2.05. The summed E-state index contributed by atoms with van der Waals surface area (Å²) in [5, 5.41) is 4.15. The first-order valence-corrected chi connectivity index (χ1v) is 6.02. The summed E-state index contributed by atoms with van der Waals surface area (Å²) in [5.74, 6) is 0. The molecule has 0 amide bonds. The number of aryl methyl sites for hydroxylation is 1. The van der Waals surface area contributed by atoms with Gasteiger partial charge in [0.25, 0.3) is 0 Å². The standard InChI is InChI=1S/C13H17ClN2/c1-9-7-12(15)11(14)8-13(9)16-10-5-3-2-4-6-10/h2-3,7-8,10,16H,4-6,15H2,1H3. The van der Waals surface area contributed by atoms with Gasteiger partial charge < -0.3 is 11.1 Å². The Labute approximate surface area is 101 Å². The predicted molar refractivity (Wildman–Crippen MR) is 71.0 cm³/mol. The normalized spacial score (nSPS) is 19.8. The summed E-state index contributed by atoms with van der Waals surface area (Å²) in [5.41, 5.74) is 8.64. The van der Waals surface area contributed by atoms with Crippen molar-refractivity contribution in [3.8, 4) is 0 Å². The third kappa shape index (κ3) is 2.50. The molecule has 2 rings (SSSR count). The Kier molecular flexibility index (Phi) is 3.39. The van der Waals surface area contributed by atoms with Gasteiger partial charge in [-0.05, 0) is 43.9 Å². The number of nitrogens with two attached hydrogens (primary N) is 1. The highest BCUT2D eigenvalue weighted by Crippen LogP contribution is 2.28. The van der Waals surface area contributed by atoms with E-state index in [1.807, 2.05) is 19.1 Å². The van der Waals surface area contributed by atoms with Crippen molar-refractivity contribution < 1.29 is 0 Å². The molecule has 1 unspecified atom stereocenters. The van der Waals surface area contributed by atoms with Crippen molar-refractivity contribution in [2.24, 2.45) is 0 Å². The summed E-state index contributed by atoms with van der Waals surface area (Å²) in [6, 6.07) is 4.36. The first kappa shape index (κ1) is 11.3. The molecule has 0 saturated heterocycles. The minimum Gasteiger partial charge on any atom is -0.398 e. The molecule has 0 bridgehead atoms. The molecule has 1 aromatic carbocycles. The van der Waals surface area contributed by atoms with E-state index >= 15 is 0 Å². The average molecular weight is 237 g/mol. The van der Waals surface area contributed by atoms with Gasteiger partial charge in [0, 0.05) is 11.7 Å². The number of allylic oxidation sites excluding steroid dienone is 1. The number of halogens is 1. The van der Waals surface area contributed by atoms with Crippen molar-refractivity contribution >= 4 is 23.0 Å². The van der Waals surface area contributed by atoms with Gasteiger partial charge >= 0.3 is 0 Å². The zero-order valence-electron chi connectivity index (χ0n) is 9.46. The lowest BCUT2D eigenvalue weighted by Crippen LogP contribution is -2.20. The number of hydrogen-bond acceptors (Lipinski definition) is 2. The topological polar surface area (TPSA) is 38.0 Å². The molecule has 1 atom stereocenters. The Morgan fingerprint density at radius 2 is 2.19 bits per heavy atom. The molecule has 3 heteroatoms. The predicted octanol–water partition coefficient (Wildman–Crippen LogP) is 3.75. The van der Waals surface area contributed by atoms with Crippen LogP contribution in [0.5, 0.6) is 0 Å². The zero-order valence-corrected chi connectivity index (χ0v) is 10.2. The van der Waals surface area contributed by atoms with E-state index in [0.29, 0.717) is 16.8 Å². The first-order valence-electron chi connectivity index (χ1n) is 5.64. The molecule has 1 aromatic rings. The second-order valence-corrected chi connectivity index (χ2v) is 4.72. The molecule has 0 saturated carbocycles. The van der Waals surface area contributed by atoms with E-state index in [4.69, 9.17) is 17.3 Å². The van der Waals surface area contributed by atoms with E-state index in [0.717, 1.165) is 24.1 Å². The van der Waals surface area contributed by atoms with Gasteiger partial charge in [-0.1, -0.05) is 23.8 Å². The Bertz CT molecular complexity index is 413. The van der Waals surface area contributed by atoms with Crippen molar-refractivity contribution in [2.45, 2.75) is 32.2 Å². The highest BCUT2D eigenvalue weighted by Gasteiger charge is 2.11. The van der Waals surface area contributed by atoms with Crippen molar-refractivity contribution in [3.05, 3.63) is 34.9 Å². The smallest absolute Gasteiger partial charge is 0.0656 e. The van der Waals surface area contributed by atoms with Gasteiger partial charge in [-0.25, -0.2) is 0 Å². The fraction of sp³-hybridized carbons (Fsp3) is 0.385. The maximum atomic E-state index is 6.02. The van der Waals surface area contributed by atoms with Gasteiger partial charge in [0.2, 0.25) is 0 Å². The summed E-state index contributed by atoms with van der Waals surface area (Å²) < 4.78 is 0. The average Bonchev–Trinajstić information content (AvgIpc) is 2.27. The maximum absolute atomic E-state index is 6.02.